The first-order chi connectivity index (χ1) is 12.1. The third kappa shape index (κ3) is 6.08. The van der Waals surface area contributed by atoms with Gasteiger partial charge < -0.3 is 14.8 Å². The smallest absolute Gasteiger partial charge is 0.250 e. The van der Waals surface area contributed by atoms with Crippen molar-refractivity contribution in [3.05, 3.63) is 71.3 Å². The standard InChI is InChI=1S/C21H25NO3/c1-4-6-16(2)21(23)22-19-8-5-7-18(13-19)15-25-14-17-9-11-20(24-3)12-10-17/h5-13H,4,14-15H2,1-3H3,(H,22,23)/b16-6+. The molecule has 0 atom stereocenters. The summed E-state index contributed by atoms with van der Waals surface area (Å²) in [6, 6.07) is 15.5. The molecular weight excluding hydrogens is 314 g/mol. The van der Waals surface area contributed by atoms with Crippen molar-refractivity contribution >= 4 is 11.6 Å². The molecule has 25 heavy (non-hydrogen) atoms. The van der Waals surface area contributed by atoms with Gasteiger partial charge >= 0.3 is 0 Å². The van der Waals surface area contributed by atoms with Crippen LogP contribution in [0.3, 0.4) is 0 Å². The van der Waals surface area contributed by atoms with Gasteiger partial charge in [-0.05, 0) is 48.7 Å². The molecule has 0 aliphatic rings. The van der Waals surface area contributed by atoms with Gasteiger partial charge in [-0.1, -0.05) is 37.3 Å². The Kier molecular flexibility index (Phi) is 7.23. The molecule has 2 aromatic carbocycles. The number of methoxy groups -OCH3 is 1. The van der Waals surface area contributed by atoms with E-state index in [2.05, 4.69) is 5.32 Å². The maximum Gasteiger partial charge on any atom is 0.250 e. The van der Waals surface area contributed by atoms with Crippen LogP contribution in [0.25, 0.3) is 0 Å². The quantitative estimate of drug-likeness (QED) is 0.709. The Bertz CT molecular complexity index is 720. The second-order valence-corrected chi connectivity index (χ2v) is 5.79. The molecule has 2 aromatic rings. The van der Waals surface area contributed by atoms with Gasteiger partial charge in [-0.25, -0.2) is 0 Å². The van der Waals surface area contributed by atoms with E-state index in [1.54, 1.807) is 7.11 Å². The topological polar surface area (TPSA) is 47.6 Å². The summed E-state index contributed by atoms with van der Waals surface area (Å²) in [5.41, 5.74) is 3.61. The molecule has 2 rings (SSSR count). The summed E-state index contributed by atoms with van der Waals surface area (Å²) in [7, 11) is 1.65. The number of allylic oxidation sites excluding steroid dienone is 1. The zero-order valence-electron chi connectivity index (χ0n) is 15.0. The van der Waals surface area contributed by atoms with E-state index in [1.807, 2.05) is 68.5 Å². The first kappa shape index (κ1) is 18.7. The van der Waals surface area contributed by atoms with Crippen molar-refractivity contribution in [2.45, 2.75) is 33.5 Å². The minimum atomic E-state index is -0.0712. The molecule has 132 valence electrons. The average molecular weight is 339 g/mol. The molecule has 0 radical (unpaired) electrons. The Hall–Kier alpha value is -2.59. The van der Waals surface area contributed by atoms with Crippen LogP contribution in [0.2, 0.25) is 0 Å². The van der Waals surface area contributed by atoms with Crippen LogP contribution in [0.5, 0.6) is 5.75 Å². The maximum atomic E-state index is 12.0. The third-order valence-electron chi connectivity index (χ3n) is 3.75. The molecule has 4 nitrogen and oxygen atoms in total. The summed E-state index contributed by atoms with van der Waals surface area (Å²) in [6.45, 7) is 4.84. The van der Waals surface area contributed by atoms with Crippen molar-refractivity contribution in [1.82, 2.24) is 0 Å². The van der Waals surface area contributed by atoms with Gasteiger partial charge in [0.2, 0.25) is 0 Å². The number of ether oxygens (including phenoxy) is 2. The molecule has 0 spiro atoms. The average Bonchev–Trinajstić information content (AvgIpc) is 2.63. The highest BCUT2D eigenvalue weighted by atomic mass is 16.5. The molecule has 0 heterocycles. The largest absolute Gasteiger partial charge is 0.497 e. The minimum absolute atomic E-state index is 0.0712. The molecular formula is C21H25NO3. The number of carbonyl (C=O) groups excluding carboxylic acids is 1. The van der Waals surface area contributed by atoms with Crippen molar-refractivity contribution in [3.63, 3.8) is 0 Å². The van der Waals surface area contributed by atoms with Gasteiger partial charge in [-0.3, -0.25) is 4.79 Å². The highest BCUT2D eigenvalue weighted by molar-refractivity contribution is 6.03. The van der Waals surface area contributed by atoms with Crippen molar-refractivity contribution in [2.24, 2.45) is 0 Å². The van der Waals surface area contributed by atoms with E-state index in [0.29, 0.717) is 13.2 Å². The molecule has 0 saturated heterocycles. The molecule has 0 unspecified atom stereocenters. The molecule has 0 fully saturated rings. The molecule has 4 heteroatoms. The summed E-state index contributed by atoms with van der Waals surface area (Å²) in [5, 5.41) is 2.91. The lowest BCUT2D eigenvalue weighted by molar-refractivity contribution is -0.112. The van der Waals surface area contributed by atoms with Gasteiger partial charge in [-0.15, -0.1) is 0 Å². The van der Waals surface area contributed by atoms with Crippen LogP contribution in [0.1, 0.15) is 31.4 Å². The third-order valence-corrected chi connectivity index (χ3v) is 3.75. The van der Waals surface area contributed by atoms with E-state index in [4.69, 9.17) is 9.47 Å². The monoisotopic (exact) mass is 339 g/mol. The lowest BCUT2D eigenvalue weighted by atomic mass is 10.2. The second-order valence-electron chi connectivity index (χ2n) is 5.79. The van der Waals surface area contributed by atoms with Crippen LogP contribution in [-0.2, 0) is 22.7 Å². The molecule has 0 aliphatic heterocycles. The Morgan fingerprint density at radius 2 is 1.80 bits per heavy atom. The van der Waals surface area contributed by atoms with Crippen LogP contribution < -0.4 is 10.1 Å². The van der Waals surface area contributed by atoms with Crippen molar-refractivity contribution < 1.29 is 14.3 Å². The van der Waals surface area contributed by atoms with Gasteiger partial charge in [0.25, 0.3) is 5.91 Å². The summed E-state index contributed by atoms with van der Waals surface area (Å²) >= 11 is 0. The first-order valence-electron chi connectivity index (χ1n) is 8.40. The van der Waals surface area contributed by atoms with Crippen molar-refractivity contribution in [2.75, 3.05) is 12.4 Å². The lowest BCUT2D eigenvalue weighted by Crippen LogP contribution is -2.12. The number of nitrogens with one attached hydrogen (secondary N) is 1. The van der Waals surface area contributed by atoms with E-state index >= 15 is 0 Å². The second kappa shape index (κ2) is 9.64. The Morgan fingerprint density at radius 3 is 2.48 bits per heavy atom. The number of hydrogen-bond donors (Lipinski definition) is 1. The number of amides is 1. The lowest BCUT2D eigenvalue weighted by Gasteiger charge is -2.09. The van der Waals surface area contributed by atoms with E-state index in [9.17, 15) is 4.79 Å². The van der Waals surface area contributed by atoms with Crippen LogP contribution >= 0.6 is 0 Å². The molecule has 0 saturated carbocycles. The number of anilines is 1. The van der Waals surface area contributed by atoms with E-state index in [1.165, 1.54) is 0 Å². The summed E-state index contributed by atoms with van der Waals surface area (Å²) in [4.78, 5) is 12.0. The van der Waals surface area contributed by atoms with Crippen LogP contribution in [0, 0.1) is 0 Å². The highest BCUT2D eigenvalue weighted by Gasteiger charge is 2.05. The Morgan fingerprint density at radius 1 is 1.08 bits per heavy atom. The SMILES string of the molecule is CC/C=C(\C)C(=O)Nc1cccc(COCc2ccc(OC)cc2)c1. The summed E-state index contributed by atoms with van der Waals surface area (Å²) in [6.07, 6.45) is 2.76. The van der Waals surface area contributed by atoms with Crippen LogP contribution in [-0.4, -0.2) is 13.0 Å². The molecule has 0 aliphatic carbocycles. The van der Waals surface area contributed by atoms with Crippen molar-refractivity contribution in [3.8, 4) is 5.75 Å². The van der Waals surface area contributed by atoms with Crippen LogP contribution in [0.15, 0.2) is 60.2 Å². The van der Waals surface area contributed by atoms with E-state index < -0.39 is 0 Å². The predicted molar refractivity (Wildman–Crippen MR) is 101 cm³/mol. The predicted octanol–water partition coefficient (Wildman–Crippen LogP) is 4.71. The minimum Gasteiger partial charge on any atom is -0.497 e. The maximum absolute atomic E-state index is 12.0. The van der Waals surface area contributed by atoms with E-state index in [0.717, 1.165) is 34.6 Å². The van der Waals surface area contributed by atoms with E-state index in [-0.39, 0.29) is 5.91 Å². The fourth-order valence-electron chi connectivity index (χ4n) is 2.38. The number of hydrogen-bond acceptors (Lipinski definition) is 3. The van der Waals surface area contributed by atoms with Crippen LogP contribution in [0.4, 0.5) is 5.69 Å². The molecule has 1 amide bonds. The number of benzene rings is 2. The molecule has 1 N–H and O–H groups in total. The van der Waals surface area contributed by atoms with Gasteiger partial charge in [-0.2, -0.15) is 0 Å². The van der Waals surface area contributed by atoms with Gasteiger partial charge in [0.05, 0.1) is 20.3 Å². The fourth-order valence-corrected chi connectivity index (χ4v) is 2.38. The molecule has 0 aromatic heterocycles. The zero-order valence-corrected chi connectivity index (χ0v) is 15.0. The Labute approximate surface area is 149 Å². The fraction of sp³-hybridized carbons (Fsp3) is 0.286. The van der Waals surface area contributed by atoms with Gasteiger partial charge in [0.15, 0.2) is 0 Å². The summed E-state index contributed by atoms with van der Waals surface area (Å²) in [5.74, 6) is 0.762. The van der Waals surface area contributed by atoms with Gasteiger partial charge in [0, 0.05) is 11.3 Å². The van der Waals surface area contributed by atoms with Gasteiger partial charge in [0.1, 0.15) is 5.75 Å². The Balaban J connectivity index is 1.88. The first-order valence-corrected chi connectivity index (χ1v) is 8.40. The molecule has 0 bridgehead atoms. The normalized spacial score (nSPS) is 11.2. The summed E-state index contributed by atoms with van der Waals surface area (Å²) < 4.78 is 10.9. The zero-order chi connectivity index (χ0) is 18.1. The highest BCUT2D eigenvalue weighted by Crippen LogP contribution is 2.15. The number of rotatable bonds is 8. The van der Waals surface area contributed by atoms with Crippen molar-refractivity contribution in [1.29, 1.82) is 0 Å². The number of carbonyl (C=O) groups is 1.